The zero-order valence-electron chi connectivity index (χ0n) is 14.5. The number of ether oxygens (including phenoxy) is 1. The first-order chi connectivity index (χ1) is 11.6. The molecule has 1 aliphatic carbocycles. The highest BCUT2D eigenvalue weighted by molar-refractivity contribution is 5.92. The van der Waals surface area contributed by atoms with Gasteiger partial charge in [0.15, 0.2) is 5.78 Å². The minimum absolute atomic E-state index is 0.0824. The van der Waals surface area contributed by atoms with E-state index in [2.05, 4.69) is 19.2 Å². The topological polar surface area (TPSA) is 55.4 Å². The van der Waals surface area contributed by atoms with Gasteiger partial charge < -0.3 is 10.1 Å². The molecule has 1 heterocycles. The van der Waals surface area contributed by atoms with Gasteiger partial charge in [-0.3, -0.25) is 9.59 Å². The second-order valence-corrected chi connectivity index (χ2v) is 7.48. The molecule has 1 aromatic carbocycles. The molecular formula is C20H27NO3. The molecule has 1 aromatic rings. The number of benzene rings is 1. The lowest BCUT2D eigenvalue weighted by Gasteiger charge is -2.24. The van der Waals surface area contributed by atoms with E-state index in [1.807, 2.05) is 30.3 Å². The van der Waals surface area contributed by atoms with Gasteiger partial charge in [-0.25, -0.2) is 0 Å². The molecule has 3 rings (SSSR count). The Bertz CT molecular complexity index is 584. The van der Waals surface area contributed by atoms with E-state index in [1.54, 1.807) is 0 Å². The first-order valence-corrected chi connectivity index (χ1v) is 9.01. The van der Waals surface area contributed by atoms with Gasteiger partial charge in [-0.05, 0) is 30.2 Å². The minimum Gasteiger partial charge on any atom is -0.366 e. The lowest BCUT2D eigenvalue weighted by Crippen LogP contribution is -2.35. The second kappa shape index (κ2) is 7.58. The highest BCUT2D eigenvalue weighted by Crippen LogP contribution is 2.36. The highest BCUT2D eigenvalue weighted by atomic mass is 16.5. The van der Waals surface area contributed by atoms with Crippen molar-refractivity contribution >= 4 is 11.6 Å². The smallest absolute Gasteiger partial charge is 0.166 e. The van der Waals surface area contributed by atoms with Crippen molar-refractivity contribution in [1.82, 2.24) is 5.32 Å². The van der Waals surface area contributed by atoms with E-state index in [4.69, 9.17) is 4.74 Å². The third kappa shape index (κ3) is 3.76. The van der Waals surface area contributed by atoms with Crippen LogP contribution in [0.2, 0.25) is 0 Å². The van der Waals surface area contributed by atoms with E-state index in [9.17, 15) is 9.59 Å². The Morgan fingerprint density at radius 2 is 2.04 bits per heavy atom. The summed E-state index contributed by atoms with van der Waals surface area (Å²) in [6.45, 7) is 5.29. The quantitative estimate of drug-likeness (QED) is 0.836. The maximum absolute atomic E-state index is 13.1. The molecule has 0 aromatic heterocycles. The van der Waals surface area contributed by atoms with Crippen molar-refractivity contribution in [2.75, 3.05) is 6.54 Å². The van der Waals surface area contributed by atoms with Crippen molar-refractivity contribution < 1.29 is 14.3 Å². The minimum atomic E-state index is -0.383. The Hall–Kier alpha value is -1.52. The third-order valence-corrected chi connectivity index (χ3v) is 5.24. The monoisotopic (exact) mass is 329 g/mol. The van der Waals surface area contributed by atoms with Crippen LogP contribution in [0.5, 0.6) is 0 Å². The predicted molar refractivity (Wildman–Crippen MR) is 92.5 cm³/mol. The molecule has 4 atom stereocenters. The lowest BCUT2D eigenvalue weighted by atomic mass is 9.85. The SMILES string of the molecule is CC(C)C[C@H](OCc1ccccc1)C(=O)C1CNC2C(=O)CCC12. The molecular weight excluding hydrogens is 302 g/mol. The molecule has 1 saturated carbocycles. The molecule has 2 fully saturated rings. The van der Waals surface area contributed by atoms with E-state index in [0.29, 0.717) is 25.5 Å². The van der Waals surface area contributed by atoms with Crippen LogP contribution in [0.15, 0.2) is 30.3 Å². The maximum atomic E-state index is 13.1. The van der Waals surface area contributed by atoms with Crippen LogP contribution >= 0.6 is 0 Å². The fourth-order valence-corrected chi connectivity index (χ4v) is 3.99. The zero-order valence-corrected chi connectivity index (χ0v) is 14.5. The lowest BCUT2D eigenvalue weighted by molar-refractivity contribution is -0.137. The summed E-state index contributed by atoms with van der Waals surface area (Å²) in [6.07, 6.45) is 1.78. The van der Waals surface area contributed by atoms with Gasteiger partial charge in [0.25, 0.3) is 0 Å². The van der Waals surface area contributed by atoms with Crippen LogP contribution in [0.4, 0.5) is 0 Å². The van der Waals surface area contributed by atoms with Crippen molar-refractivity contribution in [3.8, 4) is 0 Å². The number of rotatable bonds is 7. The van der Waals surface area contributed by atoms with Gasteiger partial charge in [0.05, 0.1) is 12.6 Å². The summed E-state index contributed by atoms with van der Waals surface area (Å²) in [7, 11) is 0. The normalized spacial score (nSPS) is 27.5. The molecule has 4 heteroatoms. The predicted octanol–water partition coefficient (Wildman–Crippen LogP) is 2.75. The Labute approximate surface area is 144 Å². The van der Waals surface area contributed by atoms with Gasteiger partial charge >= 0.3 is 0 Å². The summed E-state index contributed by atoms with van der Waals surface area (Å²) < 4.78 is 6.03. The first kappa shape index (κ1) is 17.3. The average Bonchev–Trinajstić information content (AvgIpc) is 3.15. The van der Waals surface area contributed by atoms with Crippen LogP contribution in [0.3, 0.4) is 0 Å². The summed E-state index contributed by atoms with van der Waals surface area (Å²) >= 11 is 0. The molecule has 1 saturated heterocycles. The third-order valence-electron chi connectivity index (χ3n) is 5.24. The number of hydrogen-bond acceptors (Lipinski definition) is 4. The summed E-state index contributed by atoms with van der Waals surface area (Å²) in [5.74, 6) is 0.918. The van der Waals surface area contributed by atoms with Crippen molar-refractivity contribution in [2.24, 2.45) is 17.8 Å². The number of Topliss-reactive ketones (excluding diaryl/α,β-unsaturated/α-hetero) is 2. The number of ketones is 2. The first-order valence-electron chi connectivity index (χ1n) is 9.01. The van der Waals surface area contributed by atoms with Crippen molar-refractivity contribution in [2.45, 2.75) is 51.9 Å². The molecule has 0 bridgehead atoms. The van der Waals surface area contributed by atoms with Gasteiger partial charge in [0, 0.05) is 18.9 Å². The summed E-state index contributed by atoms with van der Waals surface area (Å²) in [4.78, 5) is 25.0. The Morgan fingerprint density at radius 1 is 1.29 bits per heavy atom. The number of nitrogens with one attached hydrogen (secondary N) is 1. The van der Waals surface area contributed by atoms with E-state index < -0.39 is 0 Å². The molecule has 1 aliphatic heterocycles. The van der Waals surface area contributed by atoms with Crippen molar-refractivity contribution in [3.05, 3.63) is 35.9 Å². The van der Waals surface area contributed by atoms with E-state index >= 15 is 0 Å². The van der Waals surface area contributed by atoms with Crippen LogP contribution in [-0.2, 0) is 20.9 Å². The van der Waals surface area contributed by atoms with Gasteiger partial charge in [-0.15, -0.1) is 0 Å². The number of hydrogen-bond donors (Lipinski definition) is 1. The van der Waals surface area contributed by atoms with Crippen LogP contribution in [0, 0.1) is 17.8 Å². The largest absolute Gasteiger partial charge is 0.366 e. The molecule has 2 aliphatic rings. The van der Waals surface area contributed by atoms with Gasteiger partial charge in [-0.1, -0.05) is 44.2 Å². The molecule has 130 valence electrons. The number of carbonyl (C=O) groups excluding carboxylic acids is 2. The number of carbonyl (C=O) groups is 2. The number of fused-ring (bicyclic) bond motifs is 1. The average molecular weight is 329 g/mol. The standard InChI is InChI=1S/C20H27NO3/c1-13(2)10-18(24-12-14-6-4-3-5-7-14)20(23)16-11-21-19-15(16)8-9-17(19)22/h3-7,13,15-16,18-19,21H,8-12H2,1-2H3/t15?,16?,18-,19?/m0/s1. The van der Waals surface area contributed by atoms with Crippen LogP contribution in [0.1, 0.15) is 38.7 Å². The Kier molecular flexibility index (Phi) is 5.47. The molecule has 0 radical (unpaired) electrons. The molecule has 0 amide bonds. The van der Waals surface area contributed by atoms with Crippen molar-refractivity contribution in [3.63, 3.8) is 0 Å². The van der Waals surface area contributed by atoms with E-state index in [0.717, 1.165) is 18.4 Å². The molecule has 24 heavy (non-hydrogen) atoms. The van der Waals surface area contributed by atoms with Crippen LogP contribution < -0.4 is 5.32 Å². The van der Waals surface area contributed by atoms with E-state index in [1.165, 1.54) is 0 Å². The Balaban J connectivity index is 1.66. The van der Waals surface area contributed by atoms with E-state index in [-0.39, 0.29) is 35.5 Å². The molecule has 0 spiro atoms. The molecule has 4 nitrogen and oxygen atoms in total. The molecule has 1 N–H and O–H groups in total. The van der Waals surface area contributed by atoms with Crippen LogP contribution in [-0.4, -0.2) is 30.3 Å². The second-order valence-electron chi connectivity index (χ2n) is 7.48. The van der Waals surface area contributed by atoms with Gasteiger partial charge in [-0.2, -0.15) is 0 Å². The summed E-state index contributed by atoms with van der Waals surface area (Å²) in [5, 5.41) is 3.26. The fraction of sp³-hybridized carbons (Fsp3) is 0.600. The molecule has 3 unspecified atom stereocenters. The van der Waals surface area contributed by atoms with Crippen molar-refractivity contribution in [1.29, 1.82) is 0 Å². The summed E-state index contributed by atoms with van der Waals surface area (Å²) in [6, 6.07) is 9.86. The maximum Gasteiger partial charge on any atom is 0.166 e. The summed E-state index contributed by atoms with van der Waals surface area (Å²) in [5.41, 5.74) is 1.08. The van der Waals surface area contributed by atoms with Gasteiger partial charge in [0.2, 0.25) is 0 Å². The Morgan fingerprint density at radius 3 is 2.75 bits per heavy atom. The zero-order chi connectivity index (χ0) is 17.1. The highest BCUT2D eigenvalue weighted by Gasteiger charge is 2.48. The van der Waals surface area contributed by atoms with Crippen LogP contribution in [0.25, 0.3) is 0 Å². The fourth-order valence-electron chi connectivity index (χ4n) is 3.99. The van der Waals surface area contributed by atoms with Gasteiger partial charge in [0.1, 0.15) is 11.9 Å².